The summed E-state index contributed by atoms with van der Waals surface area (Å²) in [7, 11) is 0. The molecule has 2 aromatic rings. The van der Waals surface area contributed by atoms with E-state index in [0.717, 1.165) is 37.9 Å². The molecule has 0 saturated heterocycles. The molecule has 0 fully saturated rings. The van der Waals surface area contributed by atoms with Crippen LogP contribution in [0.2, 0.25) is 0 Å². The first-order chi connectivity index (χ1) is 11.3. The molecule has 120 valence electrons. The third-order valence-corrected chi connectivity index (χ3v) is 3.78. The molecule has 0 aliphatic heterocycles. The standard InChI is InChI=1S/C17H21N5O/c23-17(19-15-7-2-1-3-8-15)20-16-10-13-22(21-16)12-9-14-6-4-5-11-18-14/h2,4-7,10-11,13,15H,1,3,8-9,12H2,(H2,19,20,21,23)/t15-/m0/s1. The highest BCUT2D eigenvalue weighted by atomic mass is 16.2. The minimum absolute atomic E-state index is 0.120. The number of hydrogen-bond acceptors (Lipinski definition) is 3. The zero-order valence-corrected chi connectivity index (χ0v) is 13.0. The summed E-state index contributed by atoms with van der Waals surface area (Å²) in [6.45, 7) is 0.728. The molecule has 0 unspecified atom stereocenters. The minimum atomic E-state index is -0.212. The molecule has 23 heavy (non-hydrogen) atoms. The fourth-order valence-corrected chi connectivity index (χ4v) is 2.58. The number of anilines is 1. The summed E-state index contributed by atoms with van der Waals surface area (Å²) in [4.78, 5) is 16.2. The topological polar surface area (TPSA) is 71.8 Å². The van der Waals surface area contributed by atoms with Crippen molar-refractivity contribution in [2.24, 2.45) is 0 Å². The second-order valence-electron chi connectivity index (χ2n) is 5.60. The van der Waals surface area contributed by atoms with Crippen LogP contribution in [0.1, 0.15) is 25.0 Å². The Balaban J connectivity index is 1.47. The summed E-state index contributed by atoms with van der Waals surface area (Å²) >= 11 is 0. The number of carbonyl (C=O) groups is 1. The Morgan fingerprint density at radius 2 is 2.30 bits per heavy atom. The van der Waals surface area contributed by atoms with E-state index >= 15 is 0 Å². The van der Waals surface area contributed by atoms with Gasteiger partial charge in [0.2, 0.25) is 0 Å². The van der Waals surface area contributed by atoms with Crippen LogP contribution in [0.3, 0.4) is 0 Å². The molecule has 0 bridgehead atoms. The zero-order valence-electron chi connectivity index (χ0n) is 13.0. The molecular weight excluding hydrogens is 290 g/mol. The molecule has 2 heterocycles. The molecule has 0 radical (unpaired) electrons. The van der Waals surface area contributed by atoms with Gasteiger partial charge in [-0.05, 0) is 31.4 Å². The van der Waals surface area contributed by atoms with Crippen molar-refractivity contribution >= 4 is 11.8 Å². The summed E-state index contributed by atoms with van der Waals surface area (Å²) in [5.74, 6) is 0.559. The van der Waals surface area contributed by atoms with Crippen LogP contribution in [0.15, 0.2) is 48.8 Å². The van der Waals surface area contributed by atoms with E-state index in [1.807, 2.05) is 29.1 Å². The van der Waals surface area contributed by atoms with Crippen LogP contribution in [0.4, 0.5) is 10.6 Å². The molecule has 2 amide bonds. The van der Waals surface area contributed by atoms with Crippen molar-refractivity contribution in [3.8, 4) is 0 Å². The van der Waals surface area contributed by atoms with E-state index < -0.39 is 0 Å². The highest BCUT2D eigenvalue weighted by Crippen LogP contribution is 2.10. The van der Waals surface area contributed by atoms with Gasteiger partial charge in [0.05, 0.1) is 0 Å². The third kappa shape index (κ3) is 4.67. The number of urea groups is 1. The third-order valence-electron chi connectivity index (χ3n) is 3.78. The Morgan fingerprint density at radius 3 is 3.09 bits per heavy atom. The lowest BCUT2D eigenvalue weighted by atomic mass is 10.0. The first-order valence-corrected chi connectivity index (χ1v) is 7.97. The van der Waals surface area contributed by atoms with Crippen LogP contribution >= 0.6 is 0 Å². The van der Waals surface area contributed by atoms with Crippen LogP contribution < -0.4 is 10.6 Å². The van der Waals surface area contributed by atoms with Gasteiger partial charge in [-0.3, -0.25) is 15.0 Å². The van der Waals surface area contributed by atoms with Crippen LogP contribution in [0.25, 0.3) is 0 Å². The molecule has 1 aliphatic rings. The molecule has 1 aliphatic carbocycles. The lowest BCUT2D eigenvalue weighted by Crippen LogP contribution is -2.37. The van der Waals surface area contributed by atoms with E-state index in [0.29, 0.717) is 5.82 Å². The predicted octanol–water partition coefficient (Wildman–Crippen LogP) is 2.75. The van der Waals surface area contributed by atoms with Crippen molar-refractivity contribution in [3.63, 3.8) is 0 Å². The summed E-state index contributed by atoms with van der Waals surface area (Å²) in [5.41, 5.74) is 1.03. The molecule has 6 heteroatoms. The van der Waals surface area contributed by atoms with E-state index in [2.05, 4.69) is 32.9 Å². The van der Waals surface area contributed by atoms with Gasteiger partial charge in [-0.2, -0.15) is 5.10 Å². The Morgan fingerprint density at radius 1 is 1.35 bits per heavy atom. The van der Waals surface area contributed by atoms with Gasteiger partial charge in [-0.1, -0.05) is 18.2 Å². The minimum Gasteiger partial charge on any atom is -0.332 e. The van der Waals surface area contributed by atoms with Crippen molar-refractivity contribution in [1.29, 1.82) is 0 Å². The highest BCUT2D eigenvalue weighted by Gasteiger charge is 2.12. The Kier molecular flexibility index (Phi) is 5.03. The van der Waals surface area contributed by atoms with E-state index in [-0.39, 0.29) is 12.1 Å². The summed E-state index contributed by atoms with van der Waals surface area (Å²) in [6.07, 6.45) is 11.8. The first-order valence-electron chi connectivity index (χ1n) is 7.97. The first kappa shape index (κ1) is 15.3. The number of hydrogen-bond donors (Lipinski definition) is 2. The van der Waals surface area contributed by atoms with Crippen molar-refractivity contribution in [1.82, 2.24) is 20.1 Å². The fraction of sp³-hybridized carbons (Fsp3) is 0.353. The molecule has 0 saturated carbocycles. The lowest BCUT2D eigenvalue weighted by molar-refractivity contribution is 0.249. The number of nitrogens with one attached hydrogen (secondary N) is 2. The number of rotatable bonds is 5. The number of allylic oxidation sites excluding steroid dienone is 1. The van der Waals surface area contributed by atoms with Gasteiger partial charge in [-0.25, -0.2) is 4.79 Å². The molecule has 2 aromatic heterocycles. The Hall–Kier alpha value is -2.63. The van der Waals surface area contributed by atoms with E-state index in [4.69, 9.17) is 0 Å². The van der Waals surface area contributed by atoms with Crippen LogP contribution in [-0.4, -0.2) is 26.8 Å². The molecule has 0 spiro atoms. The maximum absolute atomic E-state index is 12.0. The molecular formula is C17H21N5O. The van der Waals surface area contributed by atoms with Crippen molar-refractivity contribution in [2.75, 3.05) is 5.32 Å². The number of aryl methyl sites for hydroxylation is 2. The van der Waals surface area contributed by atoms with E-state index in [1.165, 1.54) is 0 Å². The monoisotopic (exact) mass is 311 g/mol. The van der Waals surface area contributed by atoms with Crippen molar-refractivity contribution in [3.05, 3.63) is 54.5 Å². The summed E-state index contributed by atoms with van der Waals surface area (Å²) < 4.78 is 1.81. The van der Waals surface area contributed by atoms with Gasteiger partial charge in [0.15, 0.2) is 5.82 Å². The molecule has 0 aromatic carbocycles. The molecule has 2 N–H and O–H groups in total. The molecule has 6 nitrogen and oxygen atoms in total. The van der Waals surface area contributed by atoms with E-state index in [9.17, 15) is 4.79 Å². The molecule has 3 rings (SSSR count). The fourth-order valence-electron chi connectivity index (χ4n) is 2.58. The summed E-state index contributed by atoms with van der Waals surface area (Å²) in [6, 6.07) is 7.58. The number of nitrogens with zero attached hydrogens (tertiary/aromatic N) is 3. The van der Waals surface area contributed by atoms with Gasteiger partial charge >= 0.3 is 6.03 Å². The van der Waals surface area contributed by atoms with Crippen LogP contribution in [0.5, 0.6) is 0 Å². The van der Waals surface area contributed by atoms with Crippen LogP contribution in [-0.2, 0) is 13.0 Å². The normalized spacial score (nSPS) is 17.0. The van der Waals surface area contributed by atoms with Gasteiger partial charge < -0.3 is 5.32 Å². The second-order valence-corrected chi connectivity index (χ2v) is 5.60. The van der Waals surface area contributed by atoms with Crippen LogP contribution in [0, 0.1) is 0 Å². The van der Waals surface area contributed by atoms with Gasteiger partial charge in [-0.15, -0.1) is 0 Å². The maximum Gasteiger partial charge on any atom is 0.320 e. The number of carbonyl (C=O) groups excluding carboxylic acids is 1. The lowest BCUT2D eigenvalue weighted by Gasteiger charge is -2.17. The van der Waals surface area contributed by atoms with Crippen molar-refractivity contribution < 1.29 is 4.79 Å². The van der Waals surface area contributed by atoms with E-state index in [1.54, 1.807) is 12.3 Å². The largest absolute Gasteiger partial charge is 0.332 e. The molecule has 1 atom stereocenters. The van der Waals surface area contributed by atoms with Gasteiger partial charge in [0.25, 0.3) is 0 Å². The average Bonchev–Trinajstić information content (AvgIpc) is 3.02. The Labute approximate surface area is 135 Å². The average molecular weight is 311 g/mol. The van der Waals surface area contributed by atoms with Gasteiger partial charge in [0.1, 0.15) is 0 Å². The zero-order chi connectivity index (χ0) is 15.9. The number of pyridine rings is 1. The summed E-state index contributed by atoms with van der Waals surface area (Å²) in [5, 5.41) is 10.1. The Bertz CT molecular complexity index is 665. The SMILES string of the molecule is O=C(Nc1ccn(CCc2ccccn2)n1)N[C@H]1C=CCCC1. The second kappa shape index (κ2) is 7.58. The quantitative estimate of drug-likeness (QED) is 0.834. The predicted molar refractivity (Wildman–Crippen MR) is 89.1 cm³/mol. The smallest absolute Gasteiger partial charge is 0.320 e. The number of aromatic nitrogens is 3. The highest BCUT2D eigenvalue weighted by molar-refractivity contribution is 5.88. The maximum atomic E-state index is 12.0. The van der Waals surface area contributed by atoms with Crippen molar-refractivity contribution in [2.45, 2.75) is 38.3 Å². The number of amides is 2. The van der Waals surface area contributed by atoms with Gasteiger partial charge in [0, 0.05) is 43.2 Å².